The molecule has 1 saturated carbocycles. The standard InChI is InChI=1S/C27H18ClN3O2/c28-19-14-18(13-17-7-4-11-29-24(17)19)21-23(26(33)16-8-9-16)22-20(32)10-12-30-27(22)31-25(21)15-5-2-1-3-6-15/h1-7,10-14,16H,8-9H2,(H,30,31,32). The average molecular weight is 452 g/mol. The van der Waals surface area contributed by atoms with Crippen LogP contribution in [-0.4, -0.2) is 20.7 Å². The fraction of sp³-hybridized carbons (Fsp3) is 0.111. The molecule has 5 aromatic rings. The zero-order chi connectivity index (χ0) is 22.5. The molecule has 0 spiro atoms. The molecule has 1 fully saturated rings. The maximum Gasteiger partial charge on any atom is 0.191 e. The molecule has 1 N–H and O–H groups in total. The molecule has 33 heavy (non-hydrogen) atoms. The third kappa shape index (κ3) is 3.33. The van der Waals surface area contributed by atoms with Gasteiger partial charge in [-0.25, -0.2) is 4.98 Å². The van der Waals surface area contributed by atoms with E-state index in [0.29, 0.717) is 38.4 Å². The molecule has 0 aliphatic heterocycles. The quantitative estimate of drug-likeness (QED) is 0.337. The second-order valence-electron chi connectivity index (χ2n) is 8.31. The van der Waals surface area contributed by atoms with Crippen LogP contribution < -0.4 is 5.43 Å². The van der Waals surface area contributed by atoms with Crippen molar-refractivity contribution in [1.82, 2.24) is 15.0 Å². The SMILES string of the molecule is O=C(c1c(-c2cc(Cl)c3ncccc3c2)c(-c2ccccc2)nc2[nH]ccc(=O)c12)C1CC1. The first-order valence-corrected chi connectivity index (χ1v) is 11.2. The van der Waals surface area contributed by atoms with Crippen molar-refractivity contribution in [2.45, 2.75) is 12.8 Å². The molecule has 1 aliphatic rings. The highest BCUT2D eigenvalue weighted by atomic mass is 35.5. The molecule has 1 aliphatic carbocycles. The normalized spacial score (nSPS) is 13.5. The predicted molar refractivity (Wildman–Crippen MR) is 131 cm³/mol. The summed E-state index contributed by atoms with van der Waals surface area (Å²) in [5.41, 5.74) is 4.14. The number of nitrogens with one attached hydrogen (secondary N) is 1. The van der Waals surface area contributed by atoms with Gasteiger partial charge in [-0.3, -0.25) is 14.6 Å². The summed E-state index contributed by atoms with van der Waals surface area (Å²) in [4.78, 5) is 39.0. The molecule has 5 nitrogen and oxygen atoms in total. The molecular weight excluding hydrogens is 434 g/mol. The smallest absolute Gasteiger partial charge is 0.191 e. The number of aromatic nitrogens is 3. The van der Waals surface area contributed by atoms with Crippen LogP contribution in [-0.2, 0) is 0 Å². The molecular formula is C27H18ClN3O2. The molecule has 6 rings (SSSR count). The van der Waals surface area contributed by atoms with Gasteiger partial charge in [0.1, 0.15) is 5.65 Å². The fourth-order valence-electron chi connectivity index (χ4n) is 4.38. The number of Topliss-reactive ketones (excluding diaryl/α,β-unsaturated/α-hetero) is 1. The molecule has 3 aromatic heterocycles. The molecule has 0 bridgehead atoms. The van der Waals surface area contributed by atoms with Crippen molar-refractivity contribution in [2.75, 3.05) is 0 Å². The van der Waals surface area contributed by atoms with Crippen molar-refractivity contribution in [3.63, 3.8) is 0 Å². The van der Waals surface area contributed by atoms with Crippen LogP contribution in [0.25, 0.3) is 44.3 Å². The highest BCUT2D eigenvalue weighted by Crippen LogP contribution is 2.43. The van der Waals surface area contributed by atoms with Gasteiger partial charge < -0.3 is 4.98 Å². The van der Waals surface area contributed by atoms with Gasteiger partial charge in [-0.1, -0.05) is 48.0 Å². The molecule has 0 unspecified atom stereocenters. The summed E-state index contributed by atoms with van der Waals surface area (Å²) in [6.45, 7) is 0. The van der Waals surface area contributed by atoms with Crippen LogP contribution in [0.15, 0.2) is 77.9 Å². The number of halogens is 1. The van der Waals surface area contributed by atoms with E-state index < -0.39 is 0 Å². The van der Waals surface area contributed by atoms with Crippen molar-refractivity contribution in [1.29, 1.82) is 0 Å². The maximum absolute atomic E-state index is 13.7. The van der Waals surface area contributed by atoms with Gasteiger partial charge in [0.2, 0.25) is 0 Å². The van der Waals surface area contributed by atoms with Crippen molar-refractivity contribution >= 4 is 39.3 Å². The zero-order valence-electron chi connectivity index (χ0n) is 17.5. The molecule has 160 valence electrons. The van der Waals surface area contributed by atoms with Gasteiger partial charge in [-0.2, -0.15) is 0 Å². The number of fused-ring (bicyclic) bond motifs is 2. The van der Waals surface area contributed by atoms with Crippen LogP contribution >= 0.6 is 11.6 Å². The van der Waals surface area contributed by atoms with Crippen LogP contribution in [0, 0.1) is 5.92 Å². The second kappa shape index (κ2) is 7.64. The maximum atomic E-state index is 13.7. The number of ketones is 1. The minimum atomic E-state index is -0.227. The fourth-order valence-corrected chi connectivity index (χ4v) is 4.66. The third-order valence-electron chi connectivity index (χ3n) is 6.09. The first-order valence-electron chi connectivity index (χ1n) is 10.8. The molecule has 2 aromatic carbocycles. The lowest BCUT2D eigenvalue weighted by Crippen LogP contribution is -2.14. The van der Waals surface area contributed by atoms with E-state index in [9.17, 15) is 9.59 Å². The first-order chi connectivity index (χ1) is 16.1. The third-order valence-corrected chi connectivity index (χ3v) is 6.38. The van der Waals surface area contributed by atoms with E-state index in [1.165, 1.54) is 6.07 Å². The number of hydrogen-bond acceptors (Lipinski definition) is 4. The van der Waals surface area contributed by atoms with Crippen molar-refractivity contribution in [3.05, 3.63) is 93.9 Å². The van der Waals surface area contributed by atoms with Gasteiger partial charge in [0.25, 0.3) is 0 Å². The lowest BCUT2D eigenvalue weighted by molar-refractivity contribution is 0.0970. The first kappa shape index (κ1) is 19.8. The summed E-state index contributed by atoms with van der Waals surface area (Å²) < 4.78 is 0. The summed E-state index contributed by atoms with van der Waals surface area (Å²) in [6.07, 6.45) is 4.92. The minimum Gasteiger partial charge on any atom is -0.346 e. The number of nitrogens with zero attached hydrogens (tertiary/aromatic N) is 2. The van der Waals surface area contributed by atoms with Crippen molar-refractivity contribution < 1.29 is 4.79 Å². The Morgan fingerprint density at radius 1 is 1.00 bits per heavy atom. The summed E-state index contributed by atoms with van der Waals surface area (Å²) in [6, 6.07) is 18.7. The van der Waals surface area contributed by atoms with E-state index in [2.05, 4.69) is 9.97 Å². The molecule has 0 radical (unpaired) electrons. The Balaban J connectivity index is 1.80. The lowest BCUT2D eigenvalue weighted by Gasteiger charge is -2.17. The number of carbonyl (C=O) groups is 1. The number of carbonyl (C=O) groups excluding carboxylic acids is 1. The van der Waals surface area contributed by atoms with Gasteiger partial charge in [-0.05, 0) is 36.6 Å². The topological polar surface area (TPSA) is 75.7 Å². The van der Waals surface area contributed by atoms with Crippen LogP contribution in [0.5, 0.6) is 0 Å². The Kier molecular flexibility index (Phi) is 4.59. The zero-order valence-corrected chi connectivity index (χ0v) is 18.3. The van der Waals surface area contributed by atoms with Gasteiger partial charge in [0.15, 0.2) is 11.2 Å². The molecule has 0 atom stereocenters. The number of pyridine rings is 3. The Hall–Kier alpha value is -3.83. The van der Waals surface area contributed by atoms with E-state index in [0.717, 1.165) is 29.4 Å². The number of aromatic amines is 1. The number of hydrogen-bond donors (Lipinski definition) is 1. The molecule has 6 heteroatoms. The van der Waals surface area contributed by atoms with E-state index in [4.69, 9.17) is 16.6 Å². The predicted octanol–water partition coefficient (Wildman–Crippen LogP) is 6.05. The molecule has 0 amide bonds. The van der Waals surface area contributed by atoms with Gasteiger partial charge >= 0.3 is 0 Å². The lowest BCUT2D eigenvalue weighted by atomic mass is 9.88. The molecule has 0 saturated heterocycles. The Morgan fingerprint density at radius 3 is 2.61 bits per heavy atom. The van der Waals surface area contributed by atoms with Crippen LogP contribution in [0.4, 0.5) is 0 Å². The highest BCUT2D eigenvalue weighted by Gasteiger charge is 2.35. The van der Waals surface area contributed by atoms with Crippen LogP contribution in [0.1, 0.15) is 23.2 Å². The largest absolute Gasteiger partial charge is 0.346 e. The van der Waals surface area contributed by atoms with Gasteiger partial charge in [0.05, 0.1) is 21.6 Å². The number of benzene rings is 2. The Bertz CT molecular complexity index is 1620. The van der Waals surface area contributed by atoms with Crippen molar-refractivity contribution in [3.8, 4) is 22.4 Å². The van der Waals surface area contributed by atoms with Crippen molar-refractivity contribution in [2.24, 2.45) is 5.92 Å². The number of H-pyrrole nitrogens is 1. The summed E-state index contributed by atoms with van der Waals surface area (Å²) >= 11 is 6.63. The molecule has 3 heterocycles. The van der Waals surface area contributed by atoms with Gasteiger partial charge in [0, 0.05) is 46.5 Å². The van der Waals surface area contributed by atoms with Gasteiger partial charge in [-0.15, -0.1) is 0 Å². The van der Waals surface area contributed by atoms with E-state index >= 15 is 0 Å². The summed E-state index contributed by atoms with van der Waals surface area (Å²) in [5.74, 6) is -0.0936. The highest BCUT2D eigenvalue weighted by molar-refractivity contribution is 6.35. The van der Waals surface area contributed by atoms with E-state index in [-0.39, 0.29) is 17.1 Å². The van der Waals surface area contributed by atoms with E-state index in [1.54, 1.807) is 12.4 Å². The second-order valence-corrected chi connectivity index (χ2v) is 8.72. The van der Waals surface area contributed by atoms with Crippen LogP contribution in [0.2, 0.25) is 5.02 Å². The summed E-state index contributed by atoms with van der Waals surface area (Å²) in [7, 11) is 0. The number of rotatable bonds is 4. The summed E-state index contributed by atoms with van der Waals surface area (Å²) in [5, 5.41) is 1.66. The Labute approximate surface area is 194 Å². The van der Waals surface area contributed by atoms with E-state index in [1.807, 2.05) is 54.6 Å². The monoisotopic (exact) mass is 451 g/mol. The van der Waals surface area contributed by atoms with Crippen LogP contribution in [0.3, 0.4) is 0 Å². The minimum absolute atomic E-state index is 0.0197. The Morgan fingerprint density at radius 2 is 1.82 bits per heavy atom. The average Bonchev–Trinajstić information content (AvgIpc) is 3.69.